The largest absolute Gasteiger partial charge is 0.490 e. The van der Waals surface area contributed by atoms with Crippen LogP contribution in [0.15, 0.2) is 48.6 Å². The van der Waals surface area contributed by atoms with Crippen molar-refractivity contribution in [3.8, 4) is 5.75 Å². The maximum absolute atomic E-state index is 13.5. The number of sulfonamides is 2. The number of carbonyl (C=O) groups excluding carboxylic acids is 1. The second-order valence-electron chi connectivity index (χ2n) is 14.2. The third-order valence-corrected chi connectivity index (χ3v) is 14.9. The SMILES string of the molecule is CC[C@@H]1CC/C=C/[C@H](OCCS(=O)(=O)N(C)C)[C@@H]2CC[C@H]2CN2C[C@@]3(CCCc4cc(Cl)ccc43)COc3ccc(cc32)C(=O)NS1(=O)=O. The van der Waals surface area contributed by atoms with Crippen molar-refractivity contribution in [3.63, 3.8) is 0 Å². The third kappa shape index (κ3) is 7.68. The number of rotatable bonds is 6. The molecule has 2 heterocycles. The maximum Gasteiger partial charge on any atom is 0.264 e. The number of benzene rings is 2. The number of anilines is 1. The molecule has 0 saturated heterocycles. The molecule has 1 saturated carbocycles. The fraction of sp³-hybridized carbons (Fsp3) is 0.583. The van der Waals surface area contributed by atoms with E-state index < -0.39 is 31.2 Å². The minimum absolute atomic E-state index is 0.0585. The Labute approximate surface area is 296 Å². The second-order valence-corrected chi connectivity index (χ2v) is 18.9. The lowest BCUT2D eigenvalue weighted by Gasteiger charge is -2.46. The summed E-state index contributed by atoms with van der Waals surface area (Å²) in [6.07, 6.45) is 9.57. The quantitative estimate of drug-likeness (QED) is 0.397. The van der Waals surface area contributed by atoms with Gasteiger partial charge in [0, 0.05) is 43.2 Å². The number of carbonyl (C=O) groups is 1. The highest BCUT2D eigenvalue weighted by atomic mass is 35.5. The lowest BCUT2D eigenvalue weighted by molar-refractivity contribution is -0.00801. The van der Waals surface area contributed by atoms with E-state index in [2.05, 4.69) is 21.8 Å². The van der Waals surface area contributed by atoms with Crippen molar-refractivity contribution in [2.24, 2.45) is 11.8 Å². The van der Waals surface area contributed by atoms with Gasteiger partial charge < -0.3 is 14.4 Å². The van der Waals surface area contributed by atoms with Gasteiger partial charge in [-0.2, -0.15) is 0 Å². The fourth-order valence-electron chi connectivity index (χ4n) is 7.95. The third-order valence-electron chi connectivity index (χ3n) is 11.0. The summed E-state index contributed by atoms with van der Waals surface area (Å²) in [6.45, 7) is 3.66. The molecule has 0 radical (unpaired) electrons. The minimum Gasteiger partial charge on any atom is -0.490 e. The van der Waals surface area contributed by atoms with Crippen molar-refractivity contribution >= 4 is 43.2 Å². The summed E-state index contributed by atoms with van der Waals surface area (Å²) in [5.74, 6) is 0.267. The molecule has 1 N–H and O–H groups in total. The number of hydrogen-bond acceptors (Lipinski definition) is 8. The lowest BCUT2D eigenvalue weighted by Crippen LogP contribution is -2.49. The van der Waals surface area contributed by atoms with Crippen LogP contribution in [0.4, 0.5) is 5.69 Å². The van der Waals surface area contributed by atoms with Gasteiger partial charge in [0.15, 0.2) is 0 Å². The predicted molar refractivity (Wildman–Crippen MR) is 192 cm³/mol. The van der Waals surface area contributed by atoms with Crippen LogP contribution in [0.25, 0.3) is 0 Å². The minimum atomic E-state index is -3.95. The molecule has 2 aromatic carbocycles. The van der Waals surface area contributed by atoms with E-state index in [1.54, 1.807) is 25.1 Å². The van der Waals surface area contributed by atoms with Crippen LogP contribution in [0.5, 0.6) is 5.75 Å². The van der Waals surface area contributed by atoms with Gasteiger partial charge in [-0.1, -0.05) is 36.7 Å². The first-order valence-electron chi connectivity index (χ1n) is 17.4. The molecule has 2 aliphatic heterocycles. The average molecular weight is 734 g/mol. The van der Waals surface area contributed by atoms with Gasteiger partial charge in [0.05, 0.1) is 36.0 Å². The normalized spacial score (nSPS) is 29.2. The molecule has 5 atom stereocenters. The summed E-state index contributed by atoms with van der Waals surface area (Å²) < 4.78 is 68.3. The van der Waals surface area contributed by atoms with Crippen molar-refractivity contribution in [2.75, 3.05) is 51.1 Å². The molecule has 13 heteroatoms. The highest BCUT2D eigenvalue weighted by molar-refractivity contribution is 7.90. The van der Waals surface area contributed by atoms with Gasteiger partial charge >= 0.3 is 0 Å². The Kier molecular flexibility index (Phi) is 10.7. The number of fused-ring (bicyclic) bond motifs is 4. The number of allylic oxidation sites excluding steroid dienone is 1. The van der Waals surface area contributed by atoms with E-state index in [1.165, 1.54) is 29.5 Å². The Balaban J connectivity index is 1.38. The topological polar surface area (TPSA) is 122 Å². The Morgan fingerprint density at radius 2 is 1.96 bits per heavy atom. The Morgan fingerprint density at radius 1 is 1.14 bits per heavy atom. The van der Waals surface area contributed by atoms with Gasteiger partial charge in [-0.05, 0) is 105 Å². The molecular weight excluding hydrogens is 686 g/mol. The summed E-state index contributed by atoms with van der Waals surface area (Å²) in [7, 11) is -4.35. The zero-order valence-electron chi connectivity index (χ0n) is 28.6. The number of ether oxygens (including phenoxy) is 2. The van der Waals surface area contributed by atoms with Crippen LogP contribution >= 0.6 is 11.6 Å². The van der Waals surface area contributed by atoms with Crippen molar-refractivity contribution in [2.45, 2.75) is 75.1 Å². The van der Waals surface area contributed by atoms with E-state index in [0.29, 0.717) is 49.7 Å². The monoisotopic (exact) mass is 733 g/mol. The van der Waals surface area contributed by atoms with Crippen LogP contribution in [0, 0.1) is 11.8 Å². The number of amides is 1. The molecule has 0 aromatic heterocycles. The molecule has 10 nitrogen and oxygen atoms in total. The van der Waals surface area contributed by atoms with E-state index >= 15 is 0 Å². The lowest BCUT2D eigenvalue weighted by atomic mass is 9.68. The van der Waals surface area contributed by atoms with Crippen LogP contribution in [-0.4, -0.2) is 84.6 Å². The standard InChI is InChI=1S/C36H48ClN3O7S2/c1-4-29-9-5-6-10-33(46-18-19-48(42,43)39(2)3)30-14-11-27(30)22-40-23-36(17-7-8-25-20-28(37)13-15-31(25)36)24-47-34-16-12-26(21-32(34)40)35(41)38-49(29,44)45/h6,10,12-13,15-16,20-21,27,29-30,33H,4-5,7-9,11,14,17-19,22-24H2,1-3H3,(H,38,41)/b10-6+/t27-,29+,30+,33-,36-/m0/s1. The molecule has 1 spiro atoms. The van der Waals surface area contributed by atoms with Gasteiger partial charge in [0.1, 0.15) is 5.75 Å². The van der Waals surface area contributed by atoms with Gasteiger partial charge in [0.2, 0.25) is 20.0 Å². The molecule has 1 amide bonds. The number of hydrogen-bond donors (Lipinski definition) is 1. The number of halogens is 1. The highest BCUT2D eigenvalue weighted by Crippen LogP contribution is 2.47. The van der Waals surface area contributed by atoms with Crippen molar-refractivity contribution < 1.29 is 31.1 Å². The zero-order valence-corrected chi connectivity index (χ0v) is 31.0. The van der Waals surface area contributed by atoms with E-state index in [1.807, 2.05) is 18.2 Å². The Morgan fingerprint density at radius 3 is 2.69 bits per heavy atom. The zero-order chi connectivity index (χ0) is 35.0. The first-order valence-corrected chi connectivity index (χ1v) is 20.9. The maximum atomic E-state index is 13.5. The Bertz CT molecular complexity index is 1800. The molecule has 1 fully saturated rings. The van der Waals surface area contributed by atoms with E-state index in [4.69, 9.17) is 21.1 Å². The van der Waals surface area contributed by atoms with Crippen LogP contribution in [-0.2, 0) is 36.6 Å². The van der Waals surface area contributed by atoms with Crippen LogP contribution < -0.4 is 14.4 Å². The summed E-state index contributed by atoms with van der Waals surface area (Å²) in [5.41, 5.74) is 3.17. The summed E-state index contributed by atoms with van der Waals surface area (Å²) in [5, 5.41) is -0.0419. The van der Waals surface area contributed by atoms with Crippen LogP contribution in [0.3, 0.4) is 0 Å². The summed E-state index contributed by atoms with van der Waals surface area (Å²) >= 11 is 6.43. The number of nitrogens with one attached hydrogen (secondary N) is 1. The summed E-state index contributed by atoms with van der Waals surface area (Å²) in [4.78, 5) is 15.8. The van der Waals surface area contributed by atoms with Gasteiger partial charge in [-0.25, -0.2) is 25.9 Å². The highest BCUT2D eigenvalue weighted by Gasteiger charge is 2.44. The molecule has 268 valence electrons. The molecule has 49 heavy (non-hydrogen) atoms. The van der Waals surface area contributed by atoms with Gasteiger partial charge in [0.25, 0.3) is 5.91 Å². The van der Waals surface area contributed by atoms with E-state index in [-0.39, 0.29) is 41.3 Å². The van der Waals surface area contributed by atoms with Crippen LogP contribution in [0.1, 0.15) is 73.4 Å². The van der Waals surface area contributed by atoms with Gasteiger partial charge in [-0.3, -0.25) is 4.79 Å². The number of nitrogens with zero attached hydrogens (tertiary/aromatic N) is 2. The fourth-order valence-corrected chi connectivity index (χ4v) is 10.2. The first kappa shape index (κ1) is 36.2. The molecule has 2 aliphatic carbocycles. The van der Waals surface area contributed by atoms with Crippen molar-refractivity contribution in [3.05, 3.63) is 70.3 Å². The predicted octanol–water partition coefficient (Wildman–Crippen LogP) is 5.30. The molecule has 2 bridgehead atoms. The smallest absolute Gasteiger partial charge is 0.264 e. The molecular formula is C36H48ClN3O7S2. The molecule has 6 rings (SSSR count). The van der Waals surface area contributed by atoms with Gasteiger partial charge in [-0.15, -0.1) is 0 Å². The Hall–Kier alpha value is -2.64. The number of aryl methyl sites for hydroxylation is 1. The summed E-state index contributed by atoms with van der Waals surface area (Å²) in [6, 6.07) is 11.3. The average Bonchev–Trinajstić information content (AvgIpc) is 3.18. The van der Waals surface area contributed by atoms with Crippen molar-refractivity contribution in [1.29, 1.82) is 0 Å². The van der Waals surface area contributed by atoms with Crippen molar-refractivity contribution in [1.82, 2.24) is 9.03 Å². The second kappa shape index (κ2) is 14.5. The molecule has 4 aliphatic rings. The first-order chi connectivity index (χ1) is 23.3. The van der Waals surface area contributed by atoms with E-state index in [9.17, 15) is 21.6 Å². The molecule has 2 aromatic rings. The molecule has 0 unspecified atom stereocenters. The van der Waals surface area contributed by atoms with E-state index in [0.717, 1.165) is 37.8 Å². The van der Waals surface area contributed by atoms with Crippen LogP contribution in [0.2, 0.25) is 5.02 Å².